The van der Waals surface area contributed by atoms with Gasteiger partial charge in [-0.15, -0.1) is 29.7 Å². The summed E-state index contributed by atoms with van der Waals surface area (Å²) in [7, 11) is 0. The van der Waals surface area contributed by atoms with Crippen molar-refractivity contribution in [2.75, 3.05) is 0 Å². The van der Waals surface area contributed by atoms with Gasteiger partial charge < -0.3 is 13.9 Å². The Bertz CT molecular complexity index is 3980. The number of pyridine rings is 1. The standard InChI is InChI=1S/C64H44N4O.Pt/c1-64(2,3)44-34-35-65-63(37-44)68-59-27-14-13-26-56(59)57-32-30-48(40-61(57)68)69-47-19-15-18-45(38-47)66-41-67(62-36-43(28-33-60(62)66)42-16-5-4-6-17-42)46-29-31-55-53-24-10-9-22-51(53)49-20-7-8-21-50(49)52-23-11-12-25-54(52)58(55)39-46;/h4-37,39H,1-3H3;/q-2;. The average Bonchev–Trinajstić information content (AvgIpc) is 3.94. The summed E-state index contributed by atoms with van der Waals surface area (Å²) in [5.41, 5.74) is 18.8. The SMILES string of the molecule is CC(C)(C)c1ccnc(-n2c3[c-]c(Oc4[c-]c(-n5[c-][n+](-c6ccc7c(c6)-c6ccccc6-c6ccccc6-c6ccccc6-7)c6cc(-c7ccccc7)ccc65)ccc4)ccc3c3ccccc32)c1.[Pt]. The second-order valence-corrected chi connectivity index (χ2v) is 18.8. The molecule has 6 heteroatoms. The van der Waals surface area contributed by atoms with Crippen LogP contribution in [0.4, 0.5) is 0 Å². The van der Waals surface area contributed by atoms with Gasteiger partial charge in [-0.25, -0.2) is 4.98 Å². The molecular formula is C64H44N4OPt-2. The van der Waals surface area contributed by atoms with Crippen molar-refractivity contribution < 1.29 is 30.4 Å². The smallest absolute Gasteiger partial charge is 0.268 e. The molecule has 1 aliphatic rings. The van der Waals surface area contributed by atoms with Crippen molar-refractivity contribution in [1.82, 2.24) is 14.1 Å². The van der Waals surface area contributed by atoms with Crippen LogP contribution in [-0.4, -0.2) is 14.1 Å². The van der Waals surface area contributed by atoms with Gasteiger partial charge in [0.15, 0.2) is 0 Å². The van der Waals surface area contributed by atoms with Gasteiger partial charge in [0.2, 0.25) is 0 Å². The van der Waals surface area contributed by atoms with Gasteiger partial charge in [-0.2, -0.15) is 18.2 Å². The molecule has 0 bridgehead atoms. The molecule has 3 aromatic heterocycles. The van der Waals surface area contributed by atoms with Gasteiger partial charge in [0.25, 0.3) is 6.33 Å². The molecule has 0 fully saturated rings. The van der Waals surface area contributed by atoms with E-state index in [2.05, 4.69) is 241 Å². The monoisotopic (exact) mass is 1080 g/mol. The van der Waals surface area contributed by atoms with Crippen molar-refractivity contribution in [3.63, 3.8) is 0 Å². The van der Waals surface area contributed by atoms with Crippen molar-refractivity contribution in [2.24, 2.45) is 0 Å². The minimum atomic E-state index is -0.0344. The van der Waals surface area contributed by atoms with Crippen LogP contribution >= 0.6 is 0 Å². The Balaban J connectivity index is 0.00000505. The van der Waals surface area contributed by atoms with E-state index in [1.807, 2.05) is 24.4 Å². The fourth-order valence-electron chi connectivity index (χ4n) is 10.2. The molecular weight excluding hydrogens is 1040 g/mol. The maximum absolute atomic E-state index is 6.69. The van der Waals surface area contributed by atoms with Crippen molar-refractivity contribution in [3.05, 3.63) is 236 Å². The largest absolute Gasteiger partial charge is 0.510 e. The number of benzene rings is 9. The third-order valence-electron chi connectivity index (χ3n) is 13.6. The van der Waals surface area contributed by atoms with Gasteiger partial charge in [-0.1, -0.05) is 166 Å². The summed E-state index contributed by atoms with van der Waals surface area (Å²) in [6.07, 6.45) is 5.69. The van der Waals surface area contributed by atoms with Crippen molar-refractivity contribution in [2.45, 2.75) is 26.2 Å². The van der Waals surface area contributed by atoms with E-state index >= 15 is 0 Å². The molecule has 0 aliphatic heterocycles. The Labute approximate surface area is 421 Å². The van der Waals surface area contributed by atoms with Crippen molar-refractivity contribution in [1.29, 1.82) is 0 Å². The topological polar surface area (TPSA) is 35.9 Å². The van der Waals surface area contributed by atoms with Crippen LogP contribution < -0.4 is 9.30 Å². The van der Waals surface area contributed by atoms with Gasteiger partial charge >= 0.3 is 0 Å². The van der Waals surface area contributed by atoms with Gasteiger partial charge in [0.05, 0.1) is 16.7 Å². The normalized spacial score (nSPS) is 11.8. The van der Waals surface area contributed by atoms with Gasteiger partial charge in [-0.05, 0) is 114 Å². The molecule has 9 aromatic carbocycles. The second kappa shape index (κ2) is 17.1. The molecule has 70 heavy (non-hydrogen) atoms. The molecule has 3 heterocycles. The molecule has 13 rings (SSSR count). The van der Waals surface area contributed by atoms with Gasteiger partial charge in [0.1, 0.15) is 5.82 Å². The van der Waals surface area contributed by atoms with Crippen LogP contribution in [0.2, 0.25) is 0 Å². The maximum atomic E-state index is 6.69. The molecule has 0 spiro atoms. The fourth-order valence-corrected chi connectivity index (χ4v) is 10.2. The number of rotatable bonds is 6. The number of aromatic nitrogens is 4. The molecule has 338 valence electrons. The number of ether oxygens (including phenoxy) is 1. The van der Waals surface area contributed by atoms with E-state index in [-0.39, 0.29) is 26.5 Å². The molecule has 0 unspecified atom stereocenters. The van der Waals surface area contributed by atoms with Crippen molar-refractivity contribution in [3.8, 4) is 84.3 Å². The average molecular weight is 1080 g/mol. The quantitative estimate of drug-likeness (QED) is 0.123. The minimum Gasteiger partial charge on any atom is -0.510 e. The summed E-state index contributed by atoms with van der Waals surface area (Å²) in [4.78, 5) is 4.87. The molecule has 0 N–H and O–H groups in total. The number of hydrogen-bond acceptors (Lipinski definition) is 2. The Kier molecular flexibility index (Phi) is 10.6. The first-order valence-corrected chi connectivity index (χ1v) is 23.5. The molecule has 12 aromatic rings. The first-order valence-electron chi connectivity index (χ1n) is 23.5. The zero-order valence-corrected chi connectivity index (χ0v) is 41.0. The number of hydrogen-bond donors (Lipinski definition) is 0. The zero-order valence-electron chi connectivity index (χ0n) is 38.7. The second-order valence-electron chi connectivity index (χ2n) is 18.8. The van der Waals surface area contributed by atoms with Crippen LogP contribution in [0.15, 0.2) is 212 Å². The summed E-state index contributed by atoms with van der Waals surface area (Å²) >= 11 is 0. The Morgan fingerprint density at radius 2 is 1.11 bits per heavy atom. The summed E-state index contributed by atoms with van der Waals surface area (Å²) in [6.45, 7) is 6.68. The van der Waals surface area contributed by atoms with E-state index in [0.717, 1.165) is 66.7 Å². The number of imidazole rings is 1. The van der Waals surface area contributed by atoms with Crippen LogP contribution in [0, 0.1) is 18.5 Å². The number of nitrogens with zero attached hydrogens (tertiary/aromatic N) is 4. The van der Waals surface area contributed by atoms with E-state index in [4.69, 9.17) is 9.72 Å². The molecule has 0 amide bonds. The summed E-state index contributed by atoms with van der Waals surface area (Å²) < 4.78 is 13.2. The van der Waals surface area contributed by atoms with E-state index in [9.17, 15) is 0 Å². The predicted octanol–water partition coefficient (Wildman–Crippen LogP) is 15.5. The molecule has 0 radical (unpaired) electrons. The third-order valence-corrected chi connectivity index (χ3v) is 13.6. The maximum Gasteiger partial charge on any atom is 0.268 e. The van der Waals surface area contributed by atoms with Crippen LogP contribution in [-0.2, 0) is 26.5 Å². The minimum absolute atomic E-state index is 0. The Morgan fingerprint density at radius 1 is 0.486 bits per heavy atom. The Hall–Kier alpha value is -8.11. The Morgan fingerprint density at radius 3 is 1.81 bits per heavy atom. The van der Waals surface area contributed by atoms with Gasteiger partial charge in [0, 0.05) is 44.3 Å². The van der Waals surface area contributed by atoms with E-state index in [1.54, 1.807) is 0 Å². The molecule has 1 aliphatic carbocycles. The van der Waals surface area contributed by atoms with E-state index < -0.39 is 0 Å². The predicted molar refractivity (Wildman–Crippen MR) is 279 cm³/mol. The molecule has 0 saturated heterocycles. The molecule has 5 nitrogen and oxygen atoms in total. The summed E-state index contributed by atoms with van der Waals surface area (Å²) in [5, 5.41) is 2.22. The van der Waals surface area contributed by atoms with E-state index in [1.165, 1.54) is 44.5 Å². The zero-order chi connectivity index (χ0) is 46.2. The van der Waals surface area contributed by atoms with Crippen LogP contribution in [0.1, 0.15) is 26.3 Å². The summed E-state index contributed by atoms with van der Waals surface area (Å²) in [5.74, 6) is 2.00. The van der Waals surface area contributed by atoms with Crippen LogP contribution in [0.25, 0.3) is 106 Å². The fraction of sp³-hybridized carbons (Fsp3) is 0.0625. The molecule has 0 saturated carbocycles. The third kappa shape index (κ3) is 7.28. The summed E-state index contributed by atoms with van der Waals surface area (Å²) in [6, 6.07) is 80.5. The number of fused-ring (bicyclic) bond motifs is 12. The first-order chi connectivity index (χ1) is 33.8. The van der Waals surface area contributed by atoms with Crippen molar-refractivity contribution >= 4 is 32.8 Å². The molecule has 0 atom stereocenters. The first kappa shape index (κ1) is 43.2. The van der Waals surface area contributed by atoms with Gasteiger partial charge in [-0.3, -0.25) is 4.57 Å². The number of para-hydroxylation sites is 1. The van der Waals surface area contributed by atoms with E-state index in [0.29, 0.717) is 11.5 Å². The van der Waals surface area contributed by atoms with Crippen LogP contribution in [0.3, 0.4) is 0 Å². The van der Waals surface area contributed by atoms with Crippen LogP contribution in [0.5, 0.6) is 11.5 Å².